The zero-order chi connectivity index (χ0) is 25.1. The number of hydrogen-bond donors (Lipinski definition) is 2. The van der Waals surface area contributed by atoms with Gasteiger partial charge in [-0.15, -0.1) is 0 Å². The van der Waals surface area contributed by atoms with E-state index in [1.54, 1.807) is 54.9 Å². The molecule has 7 heteroatoms. The highest BCUT2D eigenvalue weighted by Gasteiger charge is 2.19. The van der Waals surface area contributed by atoms with Gasteiger partial charge in [0.15, 0.2) is 0 Å². The van der Waals surface area contributed by atoms with E-state index in [0.29, 0.717) is 45.0 Å². The highest BCUT2D eigenvalue weighted by atomic mass is 19.1. The first-order valence-electron chi connectivity index (χ1n) is 11.1. The second kappa shape index (κ2) is 9.93. The third-order valence-electron chi connectivity index (χ3n) is 5.81. The van der Waals surface area contributed by atoms with Crippen LogP contribution >= 0.6 is 0 Å². The summed E-state index contributed by atoms with van der Waals surface area (Å²) in [5.41, 5.74) is 11.1. The van der Waals surface area contributed by atoms with Crippen molar-refractivity contribution in [2.45, 2.75) is 13.3 Å². The van der Waals surface area contributed by atoms with E-state index in [1.165, 1.54) is 6.07 Å². The van der Waals surface area contributed by atoms with Crippen molar-refractivity contribution >= 4 is 16.9 Å². The summed E-state index contributed by atoms with van der Waals surface area (Å²) >= 11 is 0. The molecule has 0 bridgehead atoms. The molecule has 0 aliphatic rings. The molecule has 2 aromatic heterocycles. The Balaban J connectivity index is 1.73. The molecular weight excluding hydrogens is 444 g/mol. The number of pyridine rings is 1. The predicted octanol–water partition coefficient (Wildman–Crippen LogP) is 5.92. The van der Waals surface area contributed by atoms with E-state index in [0.717, 1.165) is 11.4 Å². The predicted molar refractivity (Wildman–Crippen MR) is 138 cm³/mol. The molecule has 0 spiro atoms. The lowest BCUT2D eigenvalue weighted by atomic mass is 9.99. The van der Waals surface area contributed by atoms with Crippen molar-refractivity contribution in [2.75, 3.05) is 24.7 Å². The van der Waals surface area contributed by atoms with Gasteiger partial charge >= 0.3 is 0 Å². The maximum absolute atomic E-state index is 15.7. The van der Waals surface area contributed by atoms with Gasteiger partial charge in [0.2, 0.25) is 0 Å². The fraction of sp³-hybridized carbons (Fsp3) is 0.143. The zero-order valence-corrected chi connectivity index (χ0v) is 19.9. The molecule has 0 saturated heterocycles. The Kier molecular flexibility index (Phi) is 6.78. The molecule has 4 rings (SSSR count). The van der Waals surface area contributed by atoms with Gasteiger partial charge < -0.3 is 15.6 Å². The van der Waals surface area contributed by atoms with E-state index >= 15 is 4.39 Å². The van der Waals surface area contributed by atoms with Crippen LogP contribution in [0.25, 0.3) is 16.7 Å². The second-order valence-electron chi connectivity index (χ2n) is 8.45. The first kappa shape index (κ1) is 23.9. The molecule has 0 unspecified atom stereocenters. The van der Waals surface area contributed by atoms with E-state index in [-0.39, 0.29) is 12.2 Å². The van der Waals surface area contributed by atoms with E-state index < -0.39 is 5.82 Å². The molecule has 0 saturated carbocycles. The standard InChI is InChI=1S/C28H27F2N5/c1-5-8-22(21-9-6-7-10-24(21)29)28-17(2)33-26(34-28)14-23-25(31)12-11-20(27(23)30)18-13-19(35(3)4)16-32-15-18/h5-13,15-16H,1,14,31H2,2-4H3,(H,33,34)/b22-8-. The molecule has 3 N–H and O–H groups in total. The number of hydrogen-bond acceptors (Lipinski definition) is 4. The number of H-pyrrole nitrogens is 1. The van der Waals surface area contributed by atoms with E-state index in [2.05, 4.69) is 21.5 Å². The largest absolute Gasteiger partial charge is 0.398 e. The minimum atomic E-state index is -0.422. The Labute approximate surface area is 203 Å². The van der Waals surface area contributed by atoms with Crippen molar-refractivity contribution in [3.63, 3.8) is 0 Å². The number of aryl methyl sites for hydroxylation is 1. The normalized spacial score (nSPS) is 11.5. The SMILES string of the molecule is C=C/C=C(/c1ccccc1F)c1nc(Cc2c(N)ccc(-c3cncc(N(C)C)c3)c2F)[nH]c1C. The van der Waals surface area contributed by atoms with Crippen LogP contribution in [0.3, 0.4) is 0 Å². The number of rotatable bonds is 7. The van der Waals surface area contributed by atoms with Crippen molar-refractivity contribution in [3.05, 3.63) is 114 Å². The van der Waals surface area contributed by atoms with Gasteiger partial charge in [-0.3, -0.25) is 4.98 Å². The maximum Gasteiger partial charge on any atom is 0.136 e. The number of nitrogens with zero attached hydrogens (tertiary/aromatic N) is 3. The van der Waals surface area contributed by atoms with Gasteiger partial charge in [-0.1, -0.05) is 36.9 Å². The van der Waals surface area contributed by atoms with E-state index in [9.17, 15) is 4.39 Å². The first-order chi connectivity index (χ1) is 16.8. The molecule has 0 amide bonds. The number of nitrogens with two attached hydrogens (primary N) is 1. The molecular formula is C28H27F2N5. The Bertz CT molecular complexity index is 1420. The van der Waals surface area contributed by atoms with E-state index in [1.807, 2.05) is 32.0 Å². The van der Waals surface area contributed by atoms with Crippen molar-refractivity contribution in [1.29, 1.82) is 0 Å². The summed E-state index contributed by atoms with van der Waals surface area (Å²) < 4.78 is 30.2. The molecule has 0 atom stereocenters. The maximum atomic E-state index is 15.7. The number of aromatic nitrogens is 3. The molecule has 178 valence electrons. The number of allylic oxidation sites excluding steroid dienone is 2. The van der Waals surface area contributed by atoms with Crippen LogP contribution in [0.15, 0.2) is 73.6 Å². The average molecular weight is 472 g/mol. The van der Waals surface area contributed by atoms with Crippen LogP contribution in [0.2, 0.25) is 0 Å². The molecule has 4 aromatic rings. The average Bonchev–Trinajstić information content (AvgIpc) is 3.20. The number of halogens is 2. The molecule has 35 heavy (non-hydrogen) atoms. The number of nitrogen functional groups attached to an aromatic ring is 1. The van der Waals surface area contributed by atoms with Crippen molar-refractivity contribution in [1.82, 2.24) is 15.0 Å². The van der Waals surface area contributed by atoms with Gasteiger partial charge in [-0.05, 0) is 31.2 Å². The second-order valence-corrected chi connectivity index (χ2v) is 8.45. The molecule has 5 nitrogen and oxygen atoms in total. The fourth-order valence-electron chi connectivity index (χ4n) is 3.99. The number of benzene rings is 2. The number of anilines is 2. The van der Waals surface area contributed by atoms with Crippen LogP contribution < -0.4 is 10.6 Å². The van der Waals surface area contributed by atoms with Gasteiger partial charge in [0.25, 0.3) is 0 Å². The Morgan fingerprint density at radius 1 is 1.14 bits per heavy atom. The van der Waals surface area contributed by atoms with Crippen LogP contribution in [-0.2, 0) is 6.42 Å². The Hall–Kier alpha value is -4.26. The number of nitrogens with one attached hydrogen (secondary N) is 1. The molecule has 2 aromatic carbocycles. The quantitative estimate of drug-likeness (QED) is 0.259. The van der Waals surface area contributed by atoms with Crippen LogP contribution in [0.1, 0.15) is 28.3 Å². The summed E-state index contributed by atoms with van der Waals surface area (Å²) in [6.07, 6.45) is 6.79. The van der Waals surface area contributed by atoms with Crippen molar-refractivity contribution in [3.8, 4) is 11.1 Å². The topological polar surface area (TPSA) is 70.8 Å². The van der Waals surface area contributed by atoms with Gasteiger partial charge in [0.05, 0.1) is 17.6 Å². The molecule has 2 heterocycles. The van der Waals surface area contributed by atoms with Gasteiger partial charge in [0.1, 0.15) is 17.5 Å². The van der Waals surface area contributed by atoms with Crippen LogP contribution in [0, 0.1) is 18.6 Å². The lowest BCUT2D eigenvalue weighted by molar-refractivity contribution is 0.617. The van der Waals surface area contributed by atoms with Gasteiger partial charge in [-0.2, -0.15) is 0 Å². The third kappa shape index (κ3) is 4.84. The van der Waals surface area contributed by atoms with Crippen LogP contribution in [0.4, 0.5) is 20.2 Å². The van der Waals surface area contributed by atoms with E-state index in [4.69, 9.17) is 5.73 Å². The minimum absolute atomic E-state index is 0.145. The van der Waals surface area contributed by atoms with Crippen molar-refractivity contribution in [2.24, 2.45) is 0 Å². The lowest BCUT2D eigenvalue weighted by Gasteiger charge is -2.15. The Morgan fingerprint density at radius 2 is 1.91 bits per heavy atom. The van der Waals surface area contributed by atoms with Crippen LogP contribution in [-0.4, -0.2) is 29.0 Å². The smallest absolute Gasteiger partial charge is 0.136 e. The zero-order valence-electron chi connectivity index (χ0n) is 19.9. The van der Waals surface area contributed by atoms with Gasteiger partial charge in [-0.25, -0.2) is 13.8 Å². The fourth-order valence-corrected chi connectivity index (χ4v) is 3.99. The first-order valence-corrected chi connectivity index (χ1v) is 11.1. The lowest BCUT2D eigenvalue weighted by Crippen LogP contribution is -2.09. The molecule has 0 radical (unpaired) electrons. The number of aromatic amines is 1. The molecule has 0 fully saturated rings. The Morgan fingerprint density at radius 3 is 2.63 bits per heavy atom. The summed E-state index contributed by atoms with van der Waals surface area (Å²) in [7, 11) is 3.80. The summed E-state index contributed by atoms with van der Waals surface area (Å²) in [6.45, 7) is 5.60. The highest BCUT2D eigenvalue weighted by molar-refractivity contribution is 5.80. The summed E-state index contributed by atoms with van der Waals surface area (Å²) in [6, 6.07) is 11.7. The third-order valence-corrected chi connectivity index (χ3v) is 5.81. The summed E-state index contributed by atoms with van der Waals surface area (Å²) in [5.74, 6) is -0.262. The summed E-state index contributed by atoms with van der Waals surface area (Å²) in [5, 5.41) is 0. The van der Waals surface area contributed by atoms with Crippen molar-refractivity contribution < 1.29 is 8.78 Å². The minimum Gasteiger partial charge on any atom is -0.398 e. The monoisotopic (exact) mass is 471 g/mol. The molecule has 0 aliphatic carbocycles. The van der Waals surface area contributed by atoms with Crippen LogP contribution in [0.5, 0.6) is 0 Å². The summed E-state index contributed by atoms with van der Waals surface area (Å²) in [4.78, 5) is 14.0. The highest BCUT2D eigenvalue weighted by Crippen LogP contribution is 2.32. The number of imidazole rings is 1. The van der Waals surface area contributed by atoms with Gasteiger partial charge in [0, 0.05) is 65.9 Å². The molecule has 0 aliphatic heterocycles.